The number of carbonyl (C=O) groups is 3. The fraction of sp³-hybridized carbons (Fsp3) is 0.500. The van der Waals surface area contributed by atoms with Gasteiger partial charge in [0, 0.05) is 25.3 Å². The highest BCUT2D eigenvalue weighted by Crippen LogP contribution is 2.62. The second-order valence-electron chi connectivity index (χ2n) is 9.78. The number of aryl methyl sites for hydroxylation is 1. The molecule has 1 aromatic carbocycles. The summed E-state index contributed by atoms with van der Waals surface area (Å²) < 4.78 is 11.2. The number of phenols is 1. The molecule has 0 heterocycles. The van der Waals surface area contributed by atoms with Crippen LogP contribution in [0, 0.1) is 37.0 Å². The van der Waals surface area contributed by atoms with Crippen molar-refractivity contribution in [1.29, 1.82) is 0 Å². The molecule has 0 aliphatic heterocycles. The number of fused-ring (bicyclic) bond motifs is 1. The molecular formula is C26H30O6. The summed E-state index contributed by atoms with van der Waals surface area (Å²) in [5, 5.41) is 10.4. The molecule has 0 spiro atoms. The molecule has 6 heteroatoms. The van der Waals surface area contributed by atoms with Gasteiger partial charge < -0.3 is 14.6 Å². The number of allylic oxidation sites excluding steroid dienone is 3. The number of phenolic OH excluding ortho intramolecular Hbond substituents is 1. The van der Waals surface area contributed by atoms with Crippen LogP contribution in [0.3, 0.4) is 0 Å². The molecule has 5 unspecified atom stereocenters. The zero-order valence-electron chi connectivity index (χ0n) is 19.4. The predicted molar refractivity (Wildman–Crippen MR) is 118 cm³/mol. The summed E-state index contributed by atoms with van der Waals surface area (Å²) in [4.78, 5) is 37.4. The van der Waals surface area contributed by atoms with Crippen LogP contribution in [0.25, 0.3) is 0 Å². The van der Waals surface area contributed by atoms with Crippen LogP contribution in [0.4, 0.5) is 0 Å². The molecule has 170 valence electrons. The molecule has 1 N–H and O–H groups in total. The molecule has 6 nitrogen and oxygen atoms in total. The maximum absolute atomic E-state index is 13.6. The number of benzene rings is 1. The Hall–Kier alpha value is -2.89. The lowest BCUT2D eigenvalue weighted by atomic mass is 9.47. The number of hydrogen-bond acceptors (Lipinski definition) is 6. The summed E-state index contributed by atoms with van der Waals surface area (Å²) in [6.45, 7) is 9.85. The largest absolute Gasteiger partial charge is 0.507 e. The van der Waals surface area contributed by atoms with Crippen LogP contribution in [0.5, 0.6) is 11.5 Å². The molecule has 1 fully saturated rings. The van der Waals surface area contributed by atoms with Gasteiger partial charge >= 0.3 is 11.9 Å². The molecule has 1 aromatic rings. The SMILES string of the molecule is CC(=O)Oc1c(CC2=CC3(C)C(=O)C(C)(OC(C)=O)C2C2C=CCC23)cc(C)c(O)c1C. The molecule has 4 aliphatic rings. The zero-order valence-corrected chi connectivity index (χ0v) is 19.4. The van der Waals surface area contributed by atoms with Crippen molar-refractivity contribution in [2.45, 2.75) is 60.0 Å². The lowest BCUT2D eigenvalue weighted by Gasteiger charge is -2.57. The number of aromatic hydroxyl groups is 1. The Balaban J connectivity index is 1.86. The summed E-state index contributed by atoms with van der Waals surface area (Å²) in [5.74, 6) is -0.653. The highest BCUT2D eigenvalue weighted by atomic mass is 16.6. The van der Waals surface area contributed by atoms with E-state index < -0.39 is 23.0 Å². The van der Waals surface area contributed by atoms with Gasteiger partial charge in [0.25, 0.3) is 0 Å². The number of rotatable bonds is 4. The minimum atomic E-state index is -1.26. The van der Waals surface area contributed by atoms with Gasteiger partial charge in [-0.1, -0.05) is 23.8 Å². The van der Waals surface area contributed by atoms with E-state index in [9.17, 15) is 19.5 Å². The van der Waals surface area contributed by atoms with Crippen molar-refractivity contribution in [3.63, 3.8) is 0 Å². The van der Waals surface area contributed by atoms with E-state index >= 15 is 0 Å². The molecular weight excluding hydrogens is 408 g/mol. The monoisotopic (exact) mass is 438 g/mol. The van der Waals surface area contributed by atoms with Crippen LogP contribution in [0.15, 0.2) is 29.9 Å². The summed E-state index contributed by atoms with van der Waals surface area (Å²) in [6.07, 6.45) is 7.55. The summed E-state index contributed by atoms with van der Waals surface area (Å²) >= 11 is 0. The average molecular weight is 439 g/mol. The first-order chi connectivity index (χ1) is 14.9. The standard InChI is InChI=1S/C26H30O6/c1-13-10-17(23(31-15(3)27)14(2)22(13)29)11-18-12-25(5)20-9-7-8-19(20)21(18)26(6,24(25)30)32-16(4)28/h7-8,10,12,19-21,29H,9,11H2,1-6H3. The lowest BCUT2D eigenvalue weighted by molar-refractivity contribution is -0.186. The minimum Gasteiger partial charge on any atom is -0.507 e. The van der Waals surface area contributed by atoms with E-state index in [1.54, 1.807) is 20.8 Å². The second kappa shape index (κ2) is 7.32. The van der Waals surface area contributed by atoms with E-state index in [4.69, 9.17) is 9.47 Å². The van der Waals surface area contributed by atoms with Gasteiger partial charge in [0.15, 0.2) is 11.4 Å². The van der Waals surface area contributed by atoms with Gasteiger partial charge in [0.2, 0.25) is 0 Å². The molecule has 0 radical (unpaired) electrons. The van der Waals surface area contributed by atoms with Crippen LogP contribution in [0.2, 0.25) is 0 Å². The minimum absolute atomic E-state index is 0.0582. The molecule has 0 amide bonds. The Morgan fingerprint density at radius 3 is 2.50 bits per heavy atom. The van der Waals surface area contributed by atoms with E-state index in [1.807, 2.05) is 13.0 Å². The van der Waals surface area contributed by atoms with E-state index in [1.165, 1.54) is 13.8 Å². The van der Waals surface area contributed by atoms with Crippen LogP contribution in [0.1, 0.15) is 50.8 Å². The summed E-state index contributed by atoms with van der Waals surface area (Å²) in [5.41, 5.74) is 0.904. The van der Waals surface area contributed by atoms with Crippen LogP contribution >= 0.6 is 0 Å². The van der Waals surface area contributed by atoms with Crippen molar-refractivity contribution in [1.82, 2.24) is 0 Å². The molecule has 0 saturated heterocycles. The smallest absolute Gasteiger partial charge is 0.308 e. The Bertz CT molecular complexity index is 1100. The number of ketones is 1. The molecule has 1 saturated carbocycles. The molecule has 0 aromatic heterocycles. The number of Topliss-reactive ketones (excluding diaryl/α,β-unsaturated/α-hetero) is 1. The summed E-state index contributed by atoms with van der Waals surface area (Å²) in [6, 6.07) is 1.82. The Morgan fingerprint density at radius 1 is 1.19 bits per heavy atom. The molecule has 2 bridgehead atoms. The quantitative estimate of drug-likeness (QED) is 0.432. The Kier molecular flexibility index (Phi) is 5.11. The number of ether oxygens (including phenoxy) is 2. The van der Waals surface area contributed by atoms with Crippen molar-refractivity contribution in [2.75, 3.05) is 0 Å². The first-order valence-electron chi connectivity index (χ1n) is 11.0. The topological polar surface area (TPSA) is 89.9 Å². The van der Waals surface area contributed by atoms with Gasteiger partial charge in [-0.15, -0.1) is 0 Å². The van der Waals surface area contributed by atoms with Gasteiger partial charge in [-0.3, -0.25) is 14.4 Å². The zero-order chi connectivity index (χ0) is 23.6. The summed E-state index contributed by atoms with van der Waals surface area (Å²) in [7, 11) is 0. The second-order valence-corrected chi connectivity index (χ2v) is 9.78. The van der Waals surface area contributed by atoms with Crippen molar-refractivity contribution in [2.24, 2.45) is 23.2 Å². The van der Waals surface area contributed by atoms with Crippen LogP contribution in [-0.2, 0) is 25.5 Å². The van der Waals surface area contributed by atoms with Gasteiger partial charge in [-0.25, -0.2) is 0 Å². The predicted octanol–water partition coefficient (Wildman–Crippen LogP) is 4.14. The average Bonchev–Trinajstić information content (AvgIpc) is 3.18. The van der Waals surface area contributed by atoms with E-state index in [0.717, 1.165) is 17.6 Å². The van der Waals surface area contributed by atoms with Gasteiger partial charge in [-0.2, -0.15) is 0 Å². The highest BCUT2D eigenvalue weighted by molar-refractivity contribution is 5.99. The fourth-order valence-corrected chi connectivity index (χ4v) is 6.37. The third-order valence-electron chi connectivity index (χ3n) is 7.53. The van der Waals surface area contributed by atoms with Gasteiger partial charge in [-0.05, 0) is 69.6 Å². The Morgan fingerprint density at radius 2 is 1.88 bits per heavy atom. The molecule has 5 atom stereocenters. The fourth-order valence-electron chi connectivity index (χ4n) is 6.37. The van der Waals surface area contributed by atoms with Crippen molar-refractivity contribution >= 4 is 17.7 Å². The molecule has 4 aliphatic carbocycles. The molecule has 5 rings (SSSR count). The number of carbonyl (C=O) groups excluding carboxylic acids is 3. The van der Waals surface area contributed by atoms with E-state index in [-0.39, 0.29) is 29.3 Å². The third-order valence-corrected chi connectivity index (χ3v) is 7.53. The highest BCUT2D eigenvalue weighted by Gasteiger charge is 2.66. The number of hydrogen-bond donors (Lipinski definition) is 1. The lowest BCUT2D eigenvalue weighted by Crippen LogP contribution is -2.65. The maximum Gasteiger partial charge on any atom is 0.308 e. The molecule has 32 heavy (non-hydrogen) atoms. The Labute approximate surface area is 188 Å². The van der Waals surface area contributed by atoms with Crippen molar-refractivity contribution in [3.05, 3.63) is 46.6 Å². The maximum atomic E-state index is 13.6. The van der Waals surface area contributed by atoms with Crippen LogP contribution in [-0.4, -0.2) is 28.4 Å². The van der Waals surface area contributed by atoms with Crippen LogP contribution < -0.4 is 4.74 Å². The van der Waals surface area contributed by atoms with Gasteiger partial charge in [0.05, 0.1) is 5.41 Å². The van der Waals surface area contributed by atoms with Gasteiger partial charge in [0.1, 0.15) is 11.5 Å². The first-order valence-corrected chi connectivity index (χ1v) is 11.0. The van der Waals surface area contributed by atoms with E-state index in [2.05, 4.69) is 18.2 Å². The normalized spacial score (nSPS) is 32.5. The van der Waals surface area contributed by atoms with Crippen molar-refractivity contribution in [3.8, 4) is 11.5 Å². The third kappa shape index (κ3) is 3.11. The number of esters is 2. The first kappa shape index (κ1) is 22.3. The van der Waals surface area contributed by atoms with Crippen molar-refractivity contribution < 1.29 is 29.0 Å². The van der Waals surface area contributed by atoms with E-state index in [0.29, 0.717) is 23.3 Å².